The molecular weight excluding hydrogens is 298 g/mol. The molecule has 0 saturated heterocycles. The SMILES string of the molecule is Cc1cccc(OCCNS(=O)(=O)Cc2ccccc2C)c1. The standard InChI is InChI=1S/C17H21NO3S/c1-14-6-5-9-17(12-14)21-11-10-18-22(19,20)13-16-8-4-3-7-15(16)2/h3-9,12,18H,10-11,13H2,1-2H3. The van der Waals surface area contributed by atoms with E-state index in [4.69, 9.17) is 4.74 Å². The molecule has 0 amide bonds. The molecule has 2 aromatic rings. The van der Waals surface area contributed by atoms with E-state index in [0.29, 0.717) is 6.61 Å². The van der Waals surface area contributed by atoms with Gasteiger partial charge in [0.05, 0.1) is 5.75 Å². The fourth-order valence-corrected chi connectivity index (χ4v) is 3.33. The number of benzene rings is 2. The minimum absolute atomic E-state index is 0.00980. The van der Waals surface area contributed by atoms with Gasteiger partial charge in [-0.25, -0.2) is 13.1 Å². The van der Waals surface area contributed by atoms with E-state index in [1.807, 2.05) is 62.4 Å². The van der Waals surface area contributed by atoms with Crippen LogP contribution in [-0.2, 0) is 15.8 Å². The van der Waals surface area contributed by atoms with E-state index in [9.17, 15) is 8.42 Å². The van der Waals surface area contributed by atoms with Crippen molar-refractivity contribution in [3.63, 3.8) is 0 Å². The van der Waals surface area contributed by atoms with Gasteiger partial charge in [0.15, 0.2) is 0 Å². The maximum Gasteiger partial charge on any atom is 0.215 e. The van der Waals surface area contributed by atoms with Crippen LogP contribution in [0.2, 0.25) is 0 Å². The third-order valence-corrected chi connectivity index (χ3v) is 4.62. The molecule has 5 heteroatoms. The molecule has 2 rings (SSSR count). The largest absolute Gasteiger partial charge is 0.492 e. The molecule has 118 valence electrons. The second-order valence-corrected chi connectivity index (χ2v) is 7.05. The number of aryl methyl sites for hydroxylation is 2. The lowest BCUT2D eigenvalue weighted by Gasteiger charge is -2.10. The zero-order valence-electron chi connectivity index (χ0n) is 12.9. The van der Waals surface area contributed by atoms with Crippen molar-refractivity contribution in [3.05, 3.63) is 65.2 Å². The first-order chi connectivity index (χ1) is 10.5. The van der Waals surface area contributed by atoms with E-state index in [0.717, 1.165) is 22.4 Å². The fraction of sp³-hybridized carbons (Fsp3) is 0.294. The Morgan fingerprint density at radius 3 is 2.55 bits per heavy atom. The van der Waals surface area contributed by atoms with Crippen LogP contribution in [-0.4, -0.2) is 21.6 Å². The van der Waals surface area contributed by atoms with Crippen LogP contribution in [0.3, 0.4) is 0 Å². The van der Waals surface area contributed by atoms with Crippen LogP contribution in [0.25, 0.3) is 0 Å². The lowest BCUT2D eigenvalue weighted by Crippen LogP contribution is -2.29. The summed E-state index contributed by atoms with van der Waals surface area (Å²) in [5.74, 6) is 0.738. The summed E-state index contributed by atoms with van der Waals surface area (Å²) in [4.78, 5) is 0. The van der Waals surface area contributed by atoms with Gasteiger partial charge >= 0.3 is 0 Å². The molecule has 0 aliphatic heterocycles. The van der Waals surface area contributed by atoms with Gasteiger partial charge in [-0.05, 0) is 42.7 Å². The topological polar surface area (TPSA) is 55.4 Å². The first-order valence-electron chi connectivity index (χ1n) is 7.17. The molecule has 0 atom stereocenters. The van der Waals surface area contributed by atoms with Crippen LogP contribution >= 0.6 is 0 Å². The van der Waals surface area contributed by atoms with E-state index in [2.05, 4.69) is 4.72 Å². The van der Waals surface area contributed by atoms with Crippen molar-refractivity contribution >= 4 is 10.0 Å². The smallest absolute Gasteiger partial charge is 0.215 e. The predicted octanol–water partition coefficient (Wildman–Crippen LogP) is 2.80. The minimum atomic E-state index is -3.35. The molecule has 0 heterocycles. The molecule has 0 spiro atoms. The Kier molecular flexibility index (Phi) is 5.57. The first kappa shape index (κ1) is 16.5. The van der Waals surface area contributed by atoms with Crippen LogP contribution in [0.1, 0.15) is 16.7 Å². The Morgan fingerprint density at radius 2 is 1.82 bits per heavy atom. The molecule has 0 saturated carbocycles. The highest BCUT2D eigenvalue weighted by atomic mass is 32.2. The monoisotopic (exact) mass is 319 g/mol. The third-order valence-electron chi connectivity index (χ3n) is 3.29. The van der Waals surface area contributed by atoms with Gasteiger partial charge in [0.1, 0.15) is 12.4 Å². The lowest BCUT2D eigenvalue weighted by atomic mass is 10.1. The van der Waals surface area contributed by atoms with Crippen LogP contribution in [0.15, 0.2) is 48.5 Å². The van der Waals surface area contributed by atoms with Crippen LogP contribution in [0.5, 0.6) is 5.75 Å². The summed E-state index contributed by atoms with van der Waals surface area (Å²) in [6.07, 6.45) is 0. The van der Waals surface area contributed by atoms with Gasteiger partial charge in [-0.2, -0.15) is 0 Å². The van der Waals surface area contributed by atoms with Gasteiger partial charge < -0.3 is 4.74 Å². The van der Waals surface area contributed by atoms with Gasteiger partial charge in [-0.3, -0.25) is 0 Å². The van der Waals surface area contributed by atoms with E-state index < -0.39 is 10.0 Å². The molecule has 1 N–H and O–H groups in total. The Labute approximate surface area is 132 Å². The van der Waals surface area contributed by atoms with Crippen molar-refractivity contribution in [2.75, 3.05) is 13.2 Å². The molecule has 0 aliphatic rings. The maximum absolute atomic E-state index is 12.1. The number of ether oxygens (including phenoxy) is 1. The quantitative estimate of drug-likeness (QED) is 0.799. The summed E-state index contributed by atoms with van der Waals surface area (Å²) in [5.41, 5.74) is 2.90. The van der Waals surface area contributed by atoms with Crippen molar-refractivity contribution < 1.29 is 13.2 Å². The fourth-order valence-electron chi connectivity index (χ4n) is 2.10. The minimum Gasteiger partial charge on any atom is -0.492 e. The van der Waals surface area contributed by atoms with E-state index in [1.165, 1.54) is 0 Å². The molecule has 0 aliphatic carbocycles. The maximum atomic E-state index is 12.1. The summed E-state index contributed by atoms with van der Waals surface area (Å²) in [6, 6.07) is 15.2. The van der Waals surface area contributed by atoms with Crippen molar-refractivity contribution in [1.29, 1.82) is 0 Å². The van der Waals surface area contributed by atoms with Crippen molar-refractivity contribution in [2.24, 2.45) is 0 Å². The summed E-state index contributed by atoms with van der Waals surface area (Å²) in [5, 5.41) is 0. The summed E-state index contributed by atoms with van der Waals surface area (Å²) < 4.78 is 32.2. The molecule has 22 heavy (non-hydrogen) atoms. The van der Waals surface area contributed by atoms with Crippen LogP contribution in [0, 0.1) is 13.8 Å². The highest BCUT2D eigenvalue weighted by Crippen LogP contribution is 2.12. The Bertz CT molecular complexity index is 726. The van der Waals surface area contributed by atoms with E-state index >= 15 is 0 Å². The summed E-state index contributed by atoms with van der Waals surface area (Å²) in [7, 11) is -3.35. The Hall–Kier alpha value is -1.85. The molecule has 0 bridgehead atoms. The second-order valence-electron chi connectivity index (χ2n) is 5.24. The predicted molar refractivity (Wildman–Crippen MR) is 88.5 cm³/mol. The number of sulfonamides is 1. The molecule has 0 fully saturated rings. The zero-order valence-corrected chi connectivity index (χ0v) is 13.7. The molecule has 2 aromatic carbocycles. The molecular formula is C17H21NO3S. The van der Waals surface area contributed by atoms with Crippen molar-refractivity contribution in [1.82, 2.24) is 4.72 Å². The molecule has 0 unspecified atom stereocenters. The van der Waals surface area contributed by atoms with Crippen LogP contribution in [0.4, 0.5) is 0 Å². The summed E-state index contributed by atoms with van der Waals surface area (Å²) in [6.45, 7) is 4.45. The number of hydrogen-bond acceptors (Lipinski definition) is 3. The van der Waals surface area contributed by atoms with Crippen molar-refractivity contribution in [2.45, 2.75) is 19.6 Å². The second kappa shape index (κ2) is 7.42. The van der Waals surface area contributed by atoms with Crippen LogP contribution < -0.4 is 9.46 Å². The zero-order chi connectivity index (χ0) is 16.0. The van der Waals surface area contributed by atoms with E-state index in [-0.39, 0.29) is 12.3 Å². The Balaban J connectivity index is 1.82. The average Bonchev–Trinajstić information content (AvgIpc) is 2.46. The molecule has 0 radical (unpaired) electrons. The highest BCUT2D eigenvalue weighted by Gasteiger charge is 2.12. The first-order valence-corrected chi connectivity index (χ1v) is 8.83. The van der Waals surface area contributed by atoms with Crippen molar-refractivity contribution in [3.8, 4) is 5.75 Å². The molecule has 4 nitrogen and oxygen atoms in total. The van der Waals surface area contributed by atoms with Gasteiger partial charge in [0.2, 0.25) is 10.0 Å². The molecule has 0 aromatic heterocycles. The third kappa shape index (κ3) is 5.16. The normalized spacial score (nSPS) is 11.4. The van der Waals surface area contributed by atoms with Gasteiger partial charge in [0.25, 0.3) is 0 Å². The van der Waals surface area contributed by atoms with E-state index in [1.54, 1.807) is 0 Å². The number of rotatable bonds is 7. The van der Waals surface area contributed by atoms with Gasteiger partial charge in [0, 0.05) is 6.54 Å². The highest BCUT2D eigenvalue weighted by molar-refractivity contribution is 7.88. The van der Waals surface area contributed by atoms with Gasteiger partial charge in [-0.1, -0.05) is 36.4 Å². The average molecular weight is 319 g/mol. The Morgan fingerprint density at radius 1 is 1.05 bits per heavy atom. The number of nitrogens with one attached hydrogen (secondary N) is 1. The summed E-state index contributed by atoms with van der Waals surface area (Å²) >= 11 is 0. The van der Waals surface area contributed by atoms with Gasteiger partial charge in [-0.15, -0.1) is 0 Å². The lowest BCUT2D eigenvalue weighted by molar-refractivity contribution is 0.322. The number of hydrogen-bond donors (Lipinski definition) is 1.